The number of para-hydroxylation sites is 1. The van der Waals surface area contributed by atoms with Gasteiger partial charge in [-0.25, -0.2) is 4.79 Å². The van der Waals surface area contributed by atoms with Crippen LogP contribution in [0.2, 0.25) is 5.02 Å². The third-order valence-electron chi connectivity index (χ3n) is 2.28. The number of hydrogen-bond donors (Lipinski definition) is 3. The molecule has 0 spiro atoms. The van der Waals surface area contributed by atoms with Crippen molar-refractivity contribution in [2.75, 3.05) is 5.32 Å². The molecule has 0 aliphatic rings. The fourth-order valence-corrected chi connectivity index (χ4v) is 1.60. The maximum atomic E-state index is 12.3. The summed E-state index contributed by atoms with van der Waals surface area (Å²) in [5, 5.41) is 18.3. The van der Waals surface area contributed by atoms with Crippen LogP contribution in [0.4, 0.5) is 23.7 Å². The molecule has 0 fully saturated rings. The Kier molecular flexibility index (Phi) is 6.06. The van der Waals surface area contributed by atoms with Gasteiger partial charge in [0, 0.05) is 5.69 Å². The molecule has 0 aliphatic heterocycles. The van der Waals surface area contributed by atoms with Crippen LogP contribution in [0.5, 0.6) is 5.75 Å². The lowest BCUT2D eigenvalue weighted by molar-refractivity contribution is -0.137. The normalized spacial score (nSPS) is 10.4. The lowest BCUT2D eigenvalue weighted by Gasteiger charge is -2.10. The summed E-state index contributed by atoms with van der Waals surface area (Å²) >= 11 is 5.32. The number of phenolic OH excluding ortho intramolecular Hbond substituents is 1. The molecule has 3 N–H and O–H groups in total. The quantitative estimate of drug-likeness (QED) is 0.699. The van der Waals surface area contributed by atoms with E-state index in [0.717, 1.165) is 12.1 Å². The third kappa shape index (κ3) is 5.92. The van der Waals surface area contributed by atoms with Gasteiger partial charge in [0.2, 0.25) is 0 Å². The zero-order chi connectivity index (χ0) is 16.8. The van der Waals surface area contributed by atoms with E-state index < -0.39 is 22.9 Å². The predicted molar refractivity (Wildman–Crippen MR) is 76.2 cm³/mol. The van der Waals surface area contributed by atoms with Crippen LogP contribution >= 0.6 is 11.6 Å². The lowest BCUT2D eigenvalue weighted by atomic mass is 10.2. The van der Waals surface area contributed by atoms with Gasteiger partial charge in [0.1, 0.15) is 5.75 Å². The highest BCUT2D eigenvalue weighted by Crippen LogP contribution is 2.36. The van der Waals surface area contributed by atoms with E-state index in [2.05, 4.69) is 0 Å². The Hall–Kier alpha value is -2.41. The molecule has 0 aliphatic carbocycles. The van der Waals surface area contributed by atoms with Gasteiger partial charge in [0.15, 0.2) is 0 Å². The van der Waals surface area contributed by atoms with Crippen molar-refractivity contribution in [2.45, 2.75) is 6.18 Å². The molecule has 0 unspecified atom stereocenters. The first-order chi connectivity index (χ1) is 10.2. The molecule has 2 rings (SSSR count). The summed E-state index contributed by atoms with van der Waals surface area (Å²) in [6, 6.07) is 11.5. The summed E-state index contributed by atoms with van der Waals surface area (Å²) in [6.07, 6.45) is -6.04. The highest BCUT2D eigenvalue weighted by Gasteiger charge is 2.33. The van der Waals surface area contributed by atoms with Crippen LogP contribution in [0.1, 0.15) is 5.56 Å². The van der Waals surface area contributed by atoms with E-state index >= 15 is 0 Å². The lowest BCUT2D eigenvalue weighted by Crippen LogP contribution is -2.10. The van der Waals surface area contributed by atoms with Crippen molar-refractivity contribution in [3.8, 4) is 5.75 Å². The number of amides is 1. The van der Waals surface area contributed by atoms with E-state index in [4.69, 9.17) is 21.8 Å². The summed E-state index contributed by atoms with van der Waals surface area (Å²) in [4.78, 5) is 10.2. The molecule has 0 heterocycles. The summed E-state index contributed by atoms with van der Waals surface area (Å²) in [5.74, 6) is 0.322. The molecule has 0 saturated heterocycles. The number of alkyl halides is 3. The molecule has 2 aromatic rings. The van der Waals surface area contributed by atoms with Crippen LogP contribution in [0.25, 0.3) is 0 Å². The SMILES string of the molecule is O=C(O)Nc1ccc(Cl)c(C(F)(F)F)c1.Oc1ccccc1. The van der Waals surface area contributed by atoms with Crippen LogP contribution in [-0.2, 0) is 6.18 Å². The number of hydrogen-bond acceptors (Lipinski definition) is 2. The van der Waals surface area contributed by atoms with Gasteiger partial charge in [-0.15, -0.1) is 0 Å². The number of rotatable bonds is 1. The second-order valence-corrected chi connectivity index (χ2v) is 4.37. The fourth-order valence-electron chi connectivity index (χ4n) is 1.37. The first kappa shape index (κ1) is 17.6. The van der Waals surface area contributed by atoms with Gasteiger partial charge >= 0.3 is 12.3 Å². The molecule has 0 saturated carbocycles. The summed E-state index contributed by atoms with van der Waals surface area (Å²) in [6.45, 7) is 0. The van der Waals surface area contributed by atoms with Crippen molar-refractivity contribution in [2.24, 2.45) is 0 Å². The van der Waals surface area contributed by atoms with E-state index in [9.17, 15) is 18.0 Å². The van der Waals surface area contributed by atoms with Gasteiger partial charge in [-0.1, -0.05) is 29.8 Å². The first-order valence-electron chi connectivity index (χ1n) is 5.81. The largest absolute Gasteiger partial charge is 0.508 e. The predicted octanol–water partition coefficient (Wildman–Crippen LogP) is 4.84. The summed E-state index contributed by atoms with van der Waals surface area (Å²) < 4.78 is 36.9. The van der Waals surface area contributed by atoms with Crippen LogP contribution in [0, 0.1) is 0 Å². The topological polar surface area (TPSA) is 69.6 Å². The van der Waals surface area contributed by atoms with Crippen molar-refractivity contribution in [1.82, 2.24) is 0 Å². The molecule has 118 valence electrons. The Balaban J connectivity index is 0.000000287. The third-order valence-corrected chi connectivity index (χ3v) is 2.61. The average Bonchev–Trinajstić information content (AvgIpc) is 2.41. The minimum Gasteiger partial charge on any atom is -0.508 e. The van der Waals surface area contributed by atoms with Crippen molar-refractivity contribution < 1.29 is 28.2 Å². The number of phenols is 1. The monoisotopic (exact) mass is 333 g/mol. The maximum Gasteiger partial charge on any atom is 0.417 e. The second kappa shape index (κ2) is 7.56. The van der Waals surface area contributed by atoms with E-state index in [1.807, 2.05) is 6.07 Å². The molecule has 22 heavy (non-hydrogen) atoms. The number of nitrogens with one attached hydrogen (secondary N) is 1. The molecule has 1 amide bonds. The minimum absolute atomic E-state index is 0.181. The van der Waals surface area contributed by atoms with Crippen LogP contribution in [0.15, 0.2) is 48.5 Å². The number of carbonyl (C=O) groups is 1. The second-order valence-electron chi connectivity index (χ2n) is 3.96. The molecule has 0 aromatic heterocycles. The van der Waals surface area contributed by atoms with E-state index in [1.165, 1.54) is 0 Å². The van der Waals surface area contributed by atoms with E-state index in [0.29, 0.717) is 11.8 Å². The Morgan fingerprint density at radius 2 is 1.68 bits per heavy atom. The van der Waals surface area contributed by atoms with Crippen LogP contribution < -0.4 is 5.32 Å². The number of anilines is 1. The fraction of sp³-hybridized carbons (Fsp3) is 0.0714. The molecular formula is C14H11ClF3NO3. The number of benzene rings is 2. The highest BCUT2D eigenvalue weighted by molar-refractivity contribution is 6.31. The Morgan fingerprint density at radius 1 is 1.09 bits per heavy atom. The van der Waals surface area contributed by atoms with Crippen LogP contribution in [0.3, 0.4) is 0 Å². The number of halogens is 4. The van der Waals surface area contributed by atoms with Crippen LogP contribution in [-0.4, -0.2) is 16.3 Å². The van der Waals surface area contributed by atoms with Crippen molar-refractivity contribution in [1.29, 1.82) is 0 Å². The van der Waals surface area contributed by atoms with Gasteiger partial charge in [-0.05, 0) is 30.3 Å². The van der Waals surface area contributed by atoms with Gasteiger partial charge in [0.05, 0.1) is 10.6 Å². The summed E-state index contributed by atoms with van der Waals surface area (Å²) in [7, 11) is 0. The highest BCUT2D eigenvalue weighted by atomic mass is 35.5. The Morgan fingerprint density at radius 3 is 2.09 bits per heavy atom. The van der Waals surface area contributed by atoms with Gasteiger partial charge in [-0.3, -0.25) is 5.32 Å². The standard InChI is InChI=1S/C8H5ClF3NO2.C6H6O/c9-6-2-1-4(13-7(14)15)3-5(6)8(10,11)12;7-6-4-2-1-3-5-6/h1-3,13H,(H,14,15);1-5,7H. The summed E-state index contributed by atoms with van der Waals surface area (Å²) in [5.41, 5.74) is -1.25. The zero-order valence-corrected chi connectivity index (χ0v) is 11.7. The molecule has 8 heteroatoms. The van der Waals surface area contributed by atoms with Crippen molar-refractivity contribution in [3.63, 3.8) is 0 Å². The zero-order valence-electron chi connectivity index (χ0n) is 10.9. The molecule has 0 atom stereocenters. The van der Waals surface area contributed by atoms with E-state index in [-0.39, 0.29) is 5.69 Å². The average molecular weight is 334 g/mol. The van der Waals surface area contributed by atoms with Gasteiger partial charge < -0.3 is 10.2 Å². The maximum absolute atomic E-state index is 12.3. The molecule has 2 aromatic carbocycles. The molecule has 0 radical (unpaired) electrons. The first-order valence-corrected chi connectivity index (χ1v) is 6.18. The van der Waals surface area contributed by atoms with E-state index in [1.54, 1.807) is 29.6 Å². The minimum atomic E-state index is -4.60. The van der Waals surface area contributed by atoms with Gasteiger partial charge in [-0.2, -0.15) is 13.2 Å². The molecule has 0 bridgehead atoms. The van der Waals surface area contributed by atoms with Crippen molar-refractivity contribution >= 4 is 23.4 Å². The smallest absolute Gasteiger partial charge is 0.417 e. The Labute approximate surface area is 128 Å². The number of aromatic hydroxyl groups is 1. The van der Waals surface area contributed by atoms with Crippen molar-refractivity contribution in [3.05, 3.63) is 59.1 Å². The molecule has 4 nitrogen and oxygen atoms in total. The van der Waals surface area contributed by atoms with Gasteiger partial charge in [0.25, 0.3) is 0 Å². The number of carboxylic acid groups (broad SMARTS) is 1. The molecular weight excluding hydrogens is 323 g/mol. The Bertz CT molecular complexity index is 633.